The smallest absolute Gasteiger partial charge is 0.408 e. The molecule has 3 N–H and O–H groups in total. The number of alkyl halides is 3. The molecule has 0 bridgehead atoms. The fraction of sp³-hybridized carbons (Fsp3) is 0.478. The minimum atomic E-state index is -1.81. The lowest BCUT2D eigenvalue weighted by Gasteiger charge is -2.50. The topological polar surface area (TPSA) is 134 Å². The second-order valence-corrected chi connectivity index (χ2v) is 13.4. The Bertz CT molecular complexity index is 1100. The Kier molecular flexibility index (Phi) is 8.83. The van der Waals surface area contributed by atoms with Crippen molar-refractivity contribution in [2.24, 2.45) is 0 Å². The minimum absolute atomic E-state index is 0.0111. The molecule has 1 saturated heterocycles. The van der Waals surface area contributed by atoms with Crippen molar-refractivity contribution < 1.29 is 33.8 Å². The van der Waals surface area contributed by atoms with Crippen molar-refractivity contribution in [1.82, 2.24) is 15.5 Å². The summed E-state index contributed by atoms with van der Waals surface area (Å²) in [5.74, 6) is -2.09. The van der Waals surface area contributed by atoms with Gasteiger partial charge in [-0.05, 0) is 51.5 Å². The Balaban J connectivity index is 1.76. The van der Waals surface area contributed by atoms with Gasteiger partial charge in [-0.2, -0.15) is 0 Å². The fourth-order valence-corrected chi connectivity index (χ4v) is 5.06. The summed E-state index contributed by atoms with van der Waals surface area (Å²) >= 11 is 18.3. The highest BCUT2D eigenvalue weighted by Gasteiger charge is 2.54. The molecule has 202 valence electrons. The van der Waals surface area contributed by atoms with Crippen LogP contribution in [0.25, 0.3) is 0 Å². The van der Waals surface area contributed by atoms with E-state index in [2.05, 4.69) is 10.6 Å². The number of alkyl carbamates (subject to hydrolysis) is 1. The van der Waals surface area contributed by atoms with E-state index in [0.29, 0.717) is 5.56 Å². The van der Waals surface area contributed by atoms with Crippen LogP contribution in [0.3, 0.4) is 0 Å². The summed E-state index contributed by atoms with van der Waals surface area (Å²) in [6.07, 6.45) is 0.714. The monoisotopic (exact) mass is 593 g/mol. The number of nitrogens with zero attached hydrogens (tertiary/aromatic N) is 1. The number of nitrogens with one attached hydrogen (secondary N) is 2. The number of fused-ring (bicyclic) bond motifs is 1. The van der Waals surface area contributed by atoms with Crippen LogP contribution in [0, 0.1) is 0 Å². The summed E-state index contributed by atoms with van der Waals surface area (Å²) in [7, 11) is 0. The lowest BCUT2D eigenvalue weighted by atomic mass is 10.0. The predicted octanol–water partition coefficient (Wildman–Crippen LogP) is 3.54. The summed E-state index contributed by atoms with van der Waals surface area (Å²) in [5.41, 5.74) is -0.472. The van der Waals surface area contributed by atoms with Crippen LogP contribution in [0.2, 0.25) is 0 Å². The maximum absolute atomic E-state index is 13.3. The lowest BCUT2D eigenvalue weighted by Crippen LogP contribution is -2.71. The molecule has 3 rings (SSSR count). The van der Waals surface area contributed by atoms with Gasteiger partial charge in [0.05, 0.1) is 0 Å². The molecule has 2 aliphatic heterocycles. The highest BCUT2D eigenvalue weighted by atomic mass is 35.6. The molecule has 10 nitrogen and oxygen atoms in total. The number of esters is 1. The summed E-state index contributed by atoms with van der Waals surface area (Å²) < 4.78 is 8.48. The number of hydrogen-bond acceptors (Lipinski definition) is 8. The Hall–Kier alpha value is -2.34. The van der Waals surface area contributed by atoms with Gasteiger partial charge in [-0.3, -0.25) is 14.5 Å². The normalized spacial score (nSPS) is 22.1. The number of benzene rings is 1. The number of thioether (sulfide) groups is 1. The molecule has 1 aromatic rings. The molecule has 0 saturated carbocycles. The highest BCUT2D eigenvalue weighted by Crippen LogP contribution is 2.41. The van der Waals surface area contributed by atoms with E-state index in [1.165, 1.54) is 40.9 Å². The predicted molar refractivity (Wildman–Crippen MR) is 139 cm³/mol. The van der Waals surface area contributed by atoms with Crippen molar-refractivity contribution in [2.45, 2.75) is 59.8 Å². The van der Waals surface area contributed by atoms with Gasteiger partial charge in [0, 0.05) is 5.25 Å². The van der Waals surface area contributed by atoms with E-state index < -0.39 is 57.3 Å². The third-order valence-electron chi connectivity index (χ3n) is 5.07. The van der Waals surface area contributed by atoms with Gasteiger partial charge in [-0.1, -0.05) is 46.9 Å². The maximum Gasteiger partial charge on any atom is 0.408 e. The number of phenolic OH excluding ortho intramolecular Hbond substituents is 1. The Morgan fingerprint density at radius 2 is 1.78 bits per heavy atom. The molecule has 0 radical (unpaired) electrons. The molecule has 1 fully saturated rings. The van der Waals surface area contributed by atoms with E-state index in [1.807, 2.05) is 6.92 Å². The third kappa shape index (κ3) is 7.59. The van der Waals surface area contributed by atoms with Crippen LogP contribution in [0.4, 0.5) is 4.79 Å². The quantitative estimate of drug-likeness (QED) is 0.259. The van der Waals surface area contributed by atoms with E-state index in [4.69, 9.17) is 44.3 Å². The van der Waals surface area contributed by atoms with Crippen LogP contribution in [0.5, 0.6) is 5.75 Å². The zero-order valence-corrected chi connectivity index (χ0v) is 23.4. The number of β-lactam (4-membered cyclic amide) rings is 1. The van der Waals surface area contributed by atoms with Crippen molar-refractivity contribution in [3.8, 4) is 5.75 Å². The largest absolute Gasteiger partial charge is 0.508 e. The van der Waals surface area contributed by atoms with Gasteiger partial charge < -0.3 is 25.2 Å². The average molecular weight is 595 g/mol. The molecule has 2 unspecified atom stereocenters. The van der Waals surface area contributed by atoms with Crippen LogP contribution in [0.1, 0.15) is 39.3 Å². The number of carbonyl (C=O) groups excluding carboxylic acids is 4. The second-order valence-electron chi connectivity index (χ2n) is 9.34. The van der Waals surface area contributed by atoms with Gasteiger partial charge in [0.1, 0.15) is 41.1 Å². The Labute approximate surface area is 232 Å². The highest BCUT2D eigenvalue weighted by molar-refractivity contribution is 8.00. The number of rotatable bonds is 6. The Morgan fingerprint density at radius 1 is 1.16 bits per heavy atom. The van der Waals surface area contributed by atoms with E-state index in [0.717, 1.165) is 0 Å². The molecule has 2 aliphatic rings. The molecule has 1 aromatic carbocycles. The number of amides is 3. The van der Waals surface area contributed by atoms with Crippen molar-refractivity contribution in [3.05, 3.63) is 41.6 Å². The van der Waals surface area contributed by atoms with E-state index in [9.17, 15) is 24.3 Å². The van der Waals surface area contributed by atoms with Gasteiger partial charge in [-0.15, -0.1) is 11.8 Å². The molecular weight excluding hydrogens is 569 g/mol. The molecular formula is C23H26Cl3N3O7S. The fourth-order valence-electron chi connectivity index (χ4n) is 3.57. The summed E-state index contributed by atoms with van der Waals surface area (Å²) in [4.78, 5) is 52.5. The van der Waals surface area contributed by atoms with Gasteiger partial charge in [-0.25, -0.2) is 9.59 Å². The first-order valence-corrected chi connectivity index (χ1v) is 13.2. The molecule has 0 spiro atoms. The number of hydrogen-bond donors (Lipinski definition) is 3. The van der Waals surface area contributed by atoms with Crippen molar-refractivity contribution in [1.29, 1.82) is 0 Å². The first kappa shape index (κ1) is 29.2. The molecule has 14 heteroatoms. The summed E-state index contributed by atoms with van der Waals surface area (Å²) in [6, 6.07) is 3.44. The maximum atomic E-state index is 13.3. The number of ether oxygens (including phenoxy) is 2. The second kappa shape index (κ2) is 11.2. The van der Waals surface area contributed by atoms with Crippen molar-refractivity contribution in [2.75, 3.05) is 6.61 Å². The first-order chi connectivity index (χ1) is 17.1. The number of aromatic hydroxyl groups is 1. The van der Waals surface area contributed by atoms with Crippen LogP contribution in [-0.2, 0) is 23.9 Å². The lowest BCUT2D eigenvalue weighted by molar-refractivity contribution is -0.153. The number of phenols is 1. The number of carbonyl (C=O) groups is 4. The summed E-state index contributed by atoms with van der Waals surface area (Å²) in [6.45, 7) is 6.33. The molecule has 2 heterocycles. The standard InChI is InChI=1S/C23H26Cl3N3O7S/c1-11-9-14(20(33)35-10-23(24,25)26)29-18(32)16(19(29)37-11)27-17(31)15(12-5-7-13(30)8-6-12)28-21(34)36-22(2,3)4/h5-9,11,15-16,19,30H,10H2,1-4H3,(H,27,31)(H,28,34)/t11?,15-,16?,19+/m1/s1. The van der Waals surface area contributed by atoms with Crippen LogP contribution < -0.4 is 10.6 Å². The Morgan fingerprint density at radius 3 is 2.35 bits per heavy atom. The third-order valence-corrected chi connectivity index (χ3v) is 6.73. The molecule has 4 atom stereocenters. The summed E-state index contributed by atoms with van der Waals surface area (Å²) in [5, 5.41) is 14.0. The van der Waals surface area contributed by atoms with Gasteiger partial charge in [0.15, 0.2) is 0 Å². The zero-order valence-electron chi connectivity index (χ0n) is 20.3. The number of halogens is 3. The van der Waals surface area contributed by atoms with Crippen LogP contribution in [0.15, 0.2) is 36.0 Å². The zero-order chi connectivity index (χ0) is 27.7. The minimum Gasteiger partial charge on any atom is -0.508 e. The SMILES string of the molecule is CC1C=C(C(=O)OCC(Cl)(Cl)Cl)N2C(=O)C(NC(=O)[C@H](NC(=O)OC(C)(C)C)c3ccc(O)cc3)[C@@H]2S1. The molecule has 37 heavy (non-hydrogen) atoms. The average Bonchev–Trinajstić information content (AvgIpc) is 2.77. The van der Waals surface area contributed by atoms with E-state index >= 15 is 0 Å². The van der Waals surface area contributed by atoms with Crippen molar-refractivity contribution in [3.63, 3.8) is 0 Å². The van der Waals surface area contributed by atoms with Crippen LogP contribution in [-0.4, -0.2) is 66.5 Å². The molecule has 0 aliphatic carbocycles. The molecule has 3 amide bonds. The van der Waals surface area contributed by atoms with E-state index in [1.54, 1.807) is 26.8 Å². The van der Waals surface area contributed by atoms with Crippen LogP contribution >= 0.6 is 46.6 Å². The van der Waals surface area contributed by atoms with Crippen molar-refractivity contribution >= 4 is 70.4 Å². The van der Waals surface area contributed by atoms with Gasteiger partial charge in [0.2, 0.25) is 9.70 Å². The van der Waals surface area contributed by atoms with Gasteiger partial charge in [0.25, 0.3) is 5.91 Å². The first-order valence-electron chi connectivity index (χ1n) is 11.1. The van der Waals surface area contributed by atoms with Gasteiger partial charge >= 0.3 is 12.1 Å². The van der Waals surface area contributed by atoms with E-state index in [-0.39, 0.29) is 16.7 Å². The molecule has 0 aromatic heterocycles.